The first-order chi connectivity index (χ1) is 25.6. The van der Waals surface area contributed by atoms with E-state index in [0.29, 0.717) is 16.9 Å². The first-order valence-corrected chi connectivity index (χ1v) is 18.7. The third-order valence-electron chi connectivity index (χ3n) is 7.97. The molecular weight excluding hydrogens is 719 g/mol. The number of rotatable bonds is 20. The van der Waals surface area contributed by atoms with E-state index in [-0.39, 0.29) is 32.2 Å². The van der Waals surface area contributed by atoms with Gasteiger partial charge in [0.1, 0.15) is 29.8 Å². The van der Waals surface area contributed by atoms with Crippen LogP contribution in [0.4, 0.5) is 4.79 Å². The first-order valence-electron chi connectivity index (χ1n) is 17.3. The van der Waals surface area contributed by atoms with E-state index in [4.69, 9.17) is 10.5 Å². The summed E-state index contributed by atoms with van der Waals surface area (Å²) < 4.78 is 5.20. The maximum atomic E-state index is 13.9. The summed E-state index contributed by atoms with van der Waals surface area (Å²) in [7, 11) is 0. The van der Waals surface area contributed by atoms with E-state index < -0.39 is 77.8 Å². The van der Waals surface area contributed by atoms with Gasteiger partial charge in [-0.1, -0.05) is 48.5 Å². The number of fused-ring (bicyclic) bond motifs is 1. The minimum absolute atomic E-state index is 0.0257. The van der Waals surface area contributed by atoms with Gasteiger partial charge < -0.3 is 47.1 Å². The SMILES string of the molecule is CSCC[C@H](NC(=O)[C@H](Cc1c[nH]c2ccccc12)NC(=O)CCNC(=O)OC(C)(C)C)C(=O)N[C@@H](CC(=O)O)C(=O)N[C@H](Cc1ccccc1)C(N)=O. The van der Waals surface area contributed by atoms with Gasteiger partial charge in [0.05, 0.1) is 6.42 Å². The Kier molecular flexibility index (Phi) is 16.3. The number of carbonyl (C=O) groups excluding carboxylic acids is 6. The van der Waals surface area contributed by atoms with Gasteiger partial charge >= 0.3 is 12.1 Å². The van der Waals surface area contributed by atoms with E-state index in [1.807, 2.05) is 24.3 Å². The van der Waals surface area contributed by atoms with Crippen LogP contribution in [0.15, 0.2) is 60.8 Å². The fraction of sp³-hybridized carbons (Fsp3) is 0.432. The van der Waals surface area contributed by atoms with Crippen molar-refractivity contribution in [3.63, 3.8) is 0 Å². The maximum Gasteiger partial charge on any atom is 0.407 e. The third-order valence-corrected chi connectivity index (χ3v) is 8.61. The molecule has 16 nitrogen and oxygen atoms in total. The molecule has 9 N–H and O–H groups in total. The number of aromatic nitrogens is 1. The quantitative estimate of drug-likeness (QED) is 0.0823. The lowest BCUT2D eigenvalue weighted by atomic mass is 10.0. The van der Waals surface area contributed by atoms with Crippen LogP contribution in [0.3, 0.4) is 0 Å². The summed E-state index contributed by atoms with van der Waals surface area (Å²) in [4.78, 5) is 93.2. The van der Waals surface area contributed by atoms with Crippen molar-refractivity contribution in [3.05, 3.63) is 71.9 Å². The Labute approximate surface area is 317 Å². The number of hydrogen-bond donors (Lipinski definition) is 8. The molecule has 0 radical (unpaired) electrons. The number of para-hydroxylation sites is 1. The van der Waals surface area contributed by atoms with Gasteiger partial charge in [-0.25, -0.2) is 4.79 Å². The highest BCUT2D eigenvalue weighted by Crippen LogP contribution is 2.19. The first kappa shape index (κ1) is 42.8. The highest BCUT2D eigenvalue weighted by atomic mass is 32.2. The number of hydrogen-bond acceptors (Lipinski definition) is 9. The molecule has 0 spiro atoms. The van der Waals surface area contributed by atoms with Crippen molar-refractivity contribution in [2.75, 3.05) is 18.6 Å². The lowest BCUT2D eigenvalue weighted by molar-refractivity contribution is -0.141. The number of ether oxygens (including phenoxy) is 1. The Bertz CT molecular complexity index is 1780. The molecule has 3 aromatic rings. The highest BCUT2D eigenvalue weighted by Gasteiger charge is 2.32. The van der Waals surface area contributed by atoms with Gasteiger partial charge in [0, 0.05) is 42.9 Å². The number of thioether (sulfide) groups is 1. The molecule has 0 aliphatic carbocycles. The molecule has 0 unspecified atom stereocenters. The number of nitrogens with two attached hydrogens (primary N) is 1. The largest absolute Gasteiger partial charge is 0.481 e. The van der Waals surface area contributed by atoms with Crippen molar-refractivity contribution in [2.24, 2.45) is 5.73 Å². The third kappa shape index (κ3) is 14.4. The van der Waals surface area contributed by atoms with Gasteiger partial charge in [-0.05, 0) is 56.4 Å². The van der Waals surface area contributed by atoms with E-state index in [9.17, 15) is 38.7 Å². The van der Waals surface area contributed by atoms with Crippen molar-refractivity contribution < 1.29 is 43.4 Å². The second-order valence-electron chi connectivity index (χ2n) is 13.5. The standard InChI is InChI=1S/C37H49N7O9S/c1-37(2,3)53-36(52)39-16-14-30(45)41-28(19-23-21-40-25-13-9-8-12-24(23)25)34(50)42-26(15-17-54-4)33(49)44-29(20-31(46)47)35(51)43-27(32(38)48)18-22-10-6-5-7-11-22/h5-13,21,26-29,40H,14-20H2,1-4H3,(H2,38,48)(H,39,52)(H,41,45)(H,42,50)(H,43,51)(H,44,49)(H,46,47)/t26-,27+,28-,29-/m0/s1. The zero-order valence-electron chi connectivity index (χ0n) is 30.7. The van der Waals surface area contributed by atoms with E-state index in [1.165, 1.54) is 11.8 Å². The fourth-order valence-electron chi connectivity index (χ4n) is 5.37. The number of carbonyl (C=O) groups is 7. The number of carboxylic acid groups (broad SMARTS) is 1. The normalized spacial score (nSPS) is 13.4. The predicted molar refractivity (Wildman–Crippen MR) is 203 cm³/mol. The lowest BCUT2D eigenvalue weighted by Gasteiger charge is -2.26. The second-order valence-corrected chi connectivity index (χ2v) is 14.5. The minimum Gasteiger partial charge on any atom is -0.481 e. The zero-order valence-corrected chi connectivity index (χ0v) is 31.5. The van der Waals surface area contributed by atoms with Crippen LogP contribution in [0.2, 0.25) is 0 Å². The molecule has 0 aliphatic rings. The van der Waals surface area contributed by atoms with E-state index in [2.05, 4.69) is 31.6 Å². The Morgan fingerprint density at radius 3 is 2.07 bits per heavy atom. The molecule has 0 aliphatic heterocycles. The van der Waals surface area contributed by atoms with Crippen LogP contribution in [0.25, 0.3) is 10.9 Å². The van der Waals surface area contributed by atoms with Crippen LogP contribution >= 0.6 is 11.8 Å². The molecule has 54 heavy (non-hydrogen) atoms. The molecule has 17 heteroatoms. The van der Waals surface area contributed by atoms with Crippen molar-refractivity contribution >= 4 is 64.3 Å². The number of aliphatic carboxylic acids is 1. The average Bonchev–Trinajstić information content (AvgIpc) is 3.51. The Hall–Kier alpha value is -5.58. The van der Waals surface area contributed by atoms with E-state index in [1.54, 1.807) is 63.6 Å². The molecule has 1 aromatic heterocycles. The van der Waals surface area contributed by atoms with Crippen LogP contribution in [-0.4, -0.2) is 100 Å². The smallest absolute Gasteiger partial charge is 0.407 e. The molecule has 0 saturated heterocycles. The van der Waals surface area contributed by atoms with Crippen molar-refractivity contribution in [2.45, 2.75) is 82.6 Å². The van der Waals surface area contributed by atoms with Gasteiger partial charge in [0.25, 0.3) is 0 Å². The number of carboxylic acids is 1. The Balaban J connectivity index is 1.79. The molecule has 0 fully saturated rings. The van der Waals surface area contributed by atoms with Gasteiger partial charge in [-0.15, -0.1) is 0 Å². The molecule has 0 saturated carbocycles. The second kappa shape index (κ2) is 20.6. The Morgan fingerprint density at radius 2 is 1.43 bits per heavy atom. The number of aromatic amines is 1. The Morgan fingerprint density at radius 1 is 0.815 bits per heavy atom. The maximum absolute atomic E-state index is 13.9. The molecule has 6 amide bonds. The van der Waals surface area contributed by atoms with Gasteiger partial charge in [0.15, 0.2) is 0 Å². The lowest BCUT2D eigenvalue weighted by Crippen LogP contribution is -2.59. The van der Waals surface area contributed by atoms with E-state index >= 15 is 0 Å². The summed E-state index contributed by atoms with van der Waals surface area (Å²) in [5.41, 5.74) is 7.00. The number of benzene rings is 2. The molecular formula is C37H49N7O9S. The summed E-state index contributed by atoms with van der Waals surface area (Å²) in [5.74, 6) is -4.95. The highest BCUT2D eigenvalue weighted by molar-refractivity contribution is 7.98. The number of nitrogens with one attached hydrogen (secondary N) is 6. The number of primary amides is 1. The van der Waals surface area contributed by atoms with Crippen molar-refractivity contribution in [3.8, 4) is 0 Å². The van der Waals surface area contributed by atoms with Gasteiger partial charge in [-0.2, -0.15) is 11.8 Å². The molecule has 292 valence electrons. The summed E-state index contributed by atoms with van der Waals surface area (Å²) >= 11 is 1.39. The summed E-state index contributed by atoms with van der Waals surface area (Å²) in [6.07, 6.45) is 1.93. The topological polar surface area (TPSA) is 251 Å². The molecule has 4 atom stereocenters. The monoisotopic (exact) mass is 767 g/mol. The molecule has 1 heterocycles. The number of H-pyrrole nitrogens is 1. The van der Waals surface area contributed by atoms with E-state index in [0.717, 1.165) is 10.9 Å². The summed E-state index contributed by atoms with van der Waals surface area (Å²) in [6, 6.07) is 10.8. The van der Waals surface area contributed by atoms with Crippen LogP contribution in [0.5, 0.6) is 0 Å². The molecule has 0 bridgehead atoms. The van der Waals surface area contributed by atoms with Crippen molar-refractivity contribution in [1.29, 1.82) is 0 Å². The van der Waals surface area contributed by atoms with Crippen LogP contribution in [0.1, 0.15) is 51.2 Å². The van der Waals surface area contributed by atoms with Crippen LogP contribution in [-0.2, 0) is 46.3 Å². The molecule has 3 rings (SSSR count). The predicted octanol–water partition coefficient (Wildman–Crippen LogP) is 1.52. The van der Waals surface area contributed by atoms with Crippen molar-refractivity contribution in [1.82, 2.24) is 31.6 Å². The number of alkyl carbamates (subject to hydrolysis) is 1. The van der Waals surface area contributed by atoms with Gasteiger partial charge in [-0.3, -0.25) is 28.8 Å². The minimum atomic E-state index is -1.62. The fourth-order valence-corrected chi connectivity index (χ4v) is 5.84. The molecule has 2 aromatic carbocycles. The van der Waals surface area contributed by atoms with Crippen LogP contribution in [0, 0.1) is 0 Å². The van der Waals surface area contributed by atoms with Gasteiger partial charge in [0.2, 0.25) is 29.5 Å². The average molecular weight is 768 g/mol. The summed E-state index contributed by atoms with van der Waals surface area (Å²) in [6.45, 7) is 5.03. The zero-order chi connectivity index (χ0) is 39.8. The summed E-state index contributed by atoms with van der Waals surface area (Å²) in [5, 5.41) is 23.1. The van der Waals surface area contributed by atoms with Crippen LogP contribution < -0.4 is 32.3 Å². The number of amides is 6.